The standard InChI is InChI=1S/C24H18F5NO3/c1-32-15-10-13-8-9-30(24(31)17-18(25)20(27)22(29)21(28)19(17)26)23(12-6-4-3-5-7-12)14(13)11-16(15)33-2/h3-7,10-11,23H,8-9H2,1-2H3/t23-/m0/s1. The lowest BCUT2D eigenvalue weighted by Gasteiger charge is -2.38. The molecule has 9 heteroatoms. The number of carbonyl (C=O) groups is 1. The molecule has 33 heavy (non-hydrogen) atoms. The maximum absolute atomic E-state index is 14.4. The second kappa shape index (κ2) is 8.73. The Balaban J connectivity index is 1.91. The van der Waals surface area contributed by atoms with E-state index in [4.69, 9.17) is 9.47 Å². The zero-order valence-corrected chi connectivity index (χ0v) is 17.6. The Morgan fingerprint density at radius 3 is 1.97 bits per heavy atom. The molecule has 3 aromatic rings. The SMILES string of the molecule is COc1cc2c(cc1OC)[C@H](c1ccccc1)N(C(=O)c1c(F)c(F)c(F)c(F)c1F)CC2. The number of halogens is 5. The van der Waals surface area contributed by atoms with Gasteiger partial charge in [-0.1, -0.05) is 30.3 Å². The zero-order chi connectivity index (χ0) is 23.9. The van der Waals surface area contributed by atoms with Crippen molar-refractivity contribution in [2.45, 2.75) is 12.5 Å². The Hall–Kier alpha value is -3.62. The van der Waals surface area contributed by atoms with E-state index in [0.717, 1.165) is 10.5 Å². The maximum atomic E-state index is 14.4. The van der Waals surface area contributed by atoms with Gasteiger partial charge in [0, 0.05) is 6.54 Å². The predicted molar refractivity (Wildman–Crippen MR) is 109 cm³/mol. The summed E-state index contributed by atoms with van der Waals surface area (Å²) in [4.78, 5) is 14.4. The number of hydrogen-bond donors (Lipinski definition) is 0. The first-order valence-corrected chi connectivity index (χ1v) is 9.92. The van der Waals surface area contributed by atoms with Crippen LogP contribution in [0.4, 0.5) is 22.0 Å². The molecule has 172 valence electrons. The first kappa shape index (κ1) is 22.6. The number of benzene rings is 3. The maximum Gasteiger partial charge on any atom is 0.260 e. The highest BCUT2D eigenvalue weighted by Gasteiger charge is 2.38. The van der Waals surface area contributed by atoms with Crippen molar-refractivity contribution in [3.05, 3.63) is 93.8 Å². The lowest BCUT2D eigenvalue weighted by Crippen LogP contribution is -2.41. The van der Waals surface area contributed by atoms with Crippen LogP contribution in [0.5, 0.6) is 11.5 Å². The third kappa shape index (κ3) is 3.67. The zero-order valence-electron chi connectivity index (χ0n) is 17.6. The fraction of sp³-hybridized carbons (Fsp3) is 0.208. The number of rotatable bonds is 4. The van der Waals surface area contributed by atoms with Gasteiger partial charge in [-0.15, -0.1) is 0 Å². The Morgan fingerprint density at radius 2 is 1.39 bits per heavy atom. The Kier molecular flexibility index (Phi) is 5.97. The molecule has 0 fully saturated rings. The minimum absolute atomic E-state index is 0.0274. The smallest absolute Gasteiger partial charge is 0.260 e. The molecule has 3 aromatic carbocycles. The molecule has 0 N–H and O–H groups in total. The monoisotopic (exact) mass is 463 g/mol. The fourth-order valence-electron chi connectivity index (χ4n) is 4.10. The molecule has 0 radical (unpaired) electrons. The van der Waals surface area contributed by atoms with Gasteiger partial charge in [-0.05, 0) is 35.2 Å². The topological polar surface area (TPSA) is 38.8 Å². The number of methoxy groups -OCH3 is 2. The molecule has 4 rings (SSSR count). The molecule has 0 bridgehead atoms. The van der Waals surface area contributed by atoms with Gasteiger partial charge in [0.25, 0.3) is 5.91 Å². The highest BCUT2D eigenvalue weighted by atomic mass is 19.2. The molecule has 0 unspecified atom stereocenters. The predicted octanol–water partition coefficient (Wildman–Crippen LogP) is 5.19. The van der Waals surface area contributed by atoms with Crippen LogP contribution in [0.3, 0.4) is 0 Å². The molecule has 0 saturated carbocycles. The highest BCUT2D eigenvalue weighted by Crippen LogP contribution is 2.42. The second-order valence-electron chi connectivity index (χ2n) is 7.41. The molecule has 1 atom stereocenters. The van der Waals surface area contributed by atoms with Gasteiger partial charge in [0.05, 0.1) is 20.3 Å². The largest absolute Gasteiger partial charge is 0.493 e. The summed E-state index contributed by atoms with van der Waals surface area (Å²) in [6, 6.07) is 11.1. The molecular formula is C24H18F5NO3. The first-order valence-electron chi connectivity index (χ1n) is 9.92. The van der Waals surface area contributed by atoms with Crippen LogP contribution in [-0.2, 0) is 6.42 Å². The van der Waals surface area contributed by atoms with Gasteiger partial charge in [-0.25, -0.2) is 22.0 Å². The summed E-state index contributed by atoms with van der Waals surface area (Å²) in [5, 5.41) is 0. The molecule has 1 amide bonds. The third-order valence-corrected chi connectivity index (χ3v) is 5.67. The third-order valence-electron chi connectivity index (χ3n) is 5.67. The van der Waals surface area contributed by atoms with Crippen LogP contribution in [-0.4, -0.2) is 31.6 Å². The van der Waals surface area contributed by atoms with Crippen LogP contribution in [0.25, 0.3) is 0 Å². The highest BCUT2D eigenvalue weighted by molar-refractivity contribution is 5.95. The molecule has 0 saturated heterocycles. The lowest BCUT2D eigenvalue weighted by molar-refractivity contribution is 0.0680. The van der Waals surface area contributed by atoms with E-state index in [2.05, 4.69) is 0 Å². The number of hydrogen-bond acceptors (Lipinski definition) is 3. The van der Waals surface area contributed by atoms with Gasteiger partial charge in [-0.2, -0.15) is 0 Å². The van der Waals surface area contributed by atoms with Gasteiger partial charge in [0.15, 0.2) is 34.8 Å². The van der Waals surface area contributed by atoms with Crippen LogP contribution in [0.2, 0.25) is 0 Å². The average Bonchev–Trinajstić information content (AvgIpc) is 2.85. The van der Waals surface area contributed by atoms with Crippen molar-refractivity contribution in [1.29, 1.82) is 0 Å². The van der Waals surface area contributed by atoms with E-state index in [-0.39, 0.29) is 13.0 Å². The minimum Gasteiger partial charge on any atom is -0.493 e. The summed E-state index contributed by atoms with van der Waals surface area (Å²) in [6.45, 7) is -0.0274. The van der Waals surface area contributed by atoms with Crippen molar-refractivity contribution in [1.82, 2.24) is 4.90 Å². The van der Waals surface area contributed by atoms with Crippen molar-refractivity contribution in [2.75, 3.05) is 20.8 Å². The van der Waals surface area contributed by atoms with Gasteiger partial charge < -0.3 is 14.4 Å². The molecule has 1 aliphatic heterocycles. The van der Waals surface area contributed by atoms with Crippen molar-refractivity contribution in [3.8, 4) is 11.5 Å². The Labute approximate surface area is 186 Å². The fourth-order valence-corrected chi connectivity index (χ4v) is 4.10. The average molecular weight is 463 g/mol. The summed E-state index contributed by atoms with van der Waals surface area (Å²) >= 11 is 0. The number of fused-ring (bicyclic) bond motifs is 1. The number of carbonyl (C=O) groups excluding carboxylic acids is 1. The van der Waals surface area contributed by atoms with E-state index in [1.54, 1.807) is 42.5 Å². The van der Waals surface area contributed by atoms with Gasteiger partial charge in [-0.3, -0.25) is 4.79 Å². The first-order chi connectivity index (χ1) is 15.8. The van der Waals surface area contributed by atoms with E-state index in [1.165, 1.54) is 14.2 Å². The van der Waals surface area contributed by atoms with Gasteiger partial charge in [0.1, 0.15) is 5.56 Å². The summed E-state index contributed by atoms with van der Waals surface area (Å²) in [6.07, 6.45) is 0.264. The molecule has 0 aliphatic carbocycles. The summed E-state index contributed by atoms with van der Waals surface area (Å²) in [7, 11) is 2.91. The van der Waals surface area contributed by atoms with Crippen molar-refractivity contribution in [3.63, 3.8) is 0 Å². The lowest BCUT2D eigenvalue weighted by atomic mass is 9.87. The number of nitrogens with zero attached hydrogens (tertiary/aromatic N) is 1. The van der Waals surface area contributed by atoms with Gasteiger partial charge in [0.2, 0.25) is 5.82 Å². The Bertz CT molecular complexity index is 1200. The molecule has 1 aliphatic rings. The van der Waals surface area contributed by atoms with Crippen LogP contribution in [0.1, 0.15) is 33.1 Å². The van der Waals surface area contributed by atoms with E-state index in [0.29, 0.717) is 22.6 Å². The molecular weight excluding hydrogens is 445 g/mol. The Morgan fingerprint density at radius 1 is 0.848 bits per heavy atom. The van der Waals surface area contributed by atoms with E-state index < -0.39 is 46.6 Å². The van der Waals surface area contributed by atoms with Crippen molar-refractivity contribution >= 4 is 5.91 Å². The summed E-state index contributed by atoms with van der Waals surface area (Å²) < 4.78 is 80.7. The molecule has 0 spiro atoms. The quantitative estimate of drug-likeness (QED) is 0.304. The van der Waals surface area contributed by atoms with E-state index >= 15 is 0 Å². The molecule has 4 nitrogen and oxygen atoms in total. The van der Waals surface area contributed by atoms with Crippen LogP contribution in [0, 0.1) is 29.1 Å². The minimum atomic E-state index is -2.32. The molecule has 1 heterocycles. The summed E-state index contributed by atoms with van der Waals surface area (Å²) in [5.74, 6) is -11.5. The number of ether oxygens (including phenoxy) is 2. The number of amides is 1. The van der Waals surface area contributed by atoms with Crippen LogP contribution < -0.4 is 9.47 Å². The normalized spacial score (nSPS) is 15.2. The van der Waals surface area contributed by atoms with E-state index in [9.17, 15) is 26.7 Å². The van der Waals surface area contributed by atoms with Crippen LogP contribution >= 0.6 is 0 Å². The summed E-state index contributed by atoms with van der Waals surface area (Å²) in [5.41, 5.74) is 0.476. The second-order valence-corrected chi connectivity index (χ2v) is 7.41. The van der Waals surface area contributed by atoms with Crippen molar-refractivity contribution in [2.24, 2.45) is 0 Å². The molecule has 0 aromatic heterocycles. The van der Waals surface area contributed by atoms with Gasteiger partial charge >= 0.3 is 0 Å². The van der Waals surface area contributed by atoms with Crippen molar-refractivity contribution < 1.29 is 36.2 Å². The van der Waals surface area contributed by atoms with Crippen LogP contribution in [0.15, 0.2) is 42.5 Å². The van der Waals surface area contributed by atoms with E-state index in [1.807, 2.05) is 0 Å².